The van der Waals surface area contributed by atoms with Gasteiger partial charge in [0.1, 0.15) is 0 Å². The minimum atomic E-state index is -3.59. The van der Waals surface area contributed by atoms with Gasteiger partial charge in [0.25, 0.3) is 0 Å². The molecule has 1 aromatic heterocycles. The summed E-state index contributed by atoms with van der Waals surface area (Å²) >= 11 is 0. The van der Waals surface area contributed by atoms with E-state index in [1.54, 1.807) is 30.1 Å². The van der Waals surface area contributed by atoms with E-state index in [9.17, 15) is 13.2 Å². The number of nitrogens with one attached hydrogen (secondary N) is 1. The molecule has 0 bridgehead atoms. The number of piperidine rings is 1. The van der Waals surface area contributed by atoms with Crippen molar-refractivity contribution in [3.05, 3.63) is 37.1 Å². The third kappa shape index (κ3) is 2.94. The zero-order valence-corrected chi connectivity index (χ0v) is 14.3. The molecule has 1 aliphatic rings. The van der Waals surface area contributed by atoms with Crippen LogP contribution in [-0.4, -0.2) is 47.5 Å². The highest BCUT2D eigenvalue weighted by atomic mass is 32.2. The Hall–Kier alpha value is -2.19. The molecule has 7 nitrogen and oxygen atoms in total. The molecule has 0 aliphatic carbocycles. The van der Waals surface area contributed by atoms with E-state index < -0.39 is 10.0 Å². The van der Waals surface area contributed by atoms with E-state index in [-0.39, 0.29) is 16.8 Å². The van der Waals surface area contributed by atoms with Crippen LogP contribution in [0, 0.1) is 0 Å². The lowest BCUT2D eigenvalue weighted by molar-refractivity contribution is -0.117. The number of benzene rings is 1. The Morgan fingerprint density at radius 2 is 2.08 bits per heavy atom. The van der Waals surface area contributed by atoms with Crippen molar-refractivity contribution in [1.82, 2.24) is 19.4 Å². The van der Waals surface area contributed by atoms with Crippen molar-refractivity contribution in [2.75, 3.05) is 13.1 Å². The minimum Gasteiger partial charge on any atom is -0.350 e. The average molecular weight is 348 g/mol. The van der Waals surface area contributed by atoms with Crippen molar-refractivity contribution >= 4 is 26.8 Å². The van der Waals surface area contributed by atoms with Gasteiger partial charge in [-0.05, 0) is 31.1 Å². The van der Waals surface area contributed by atoms with Gasteiger partial charge in [-0.25, -0.2) is 8.42 Å². The van der Waals surface area contributed by atoms with Gasteiger partial charge < -0.3 is 5.32 Å². The van der Waals surface area contributed by atoms with E-state index in [0.29, 0.717) is 31.3 Å². The van der Waals surface area contributed by atoms with Crippen LogP contribution < -0.4 is 5.32 Å². The van der Waals surface area contributed by atoms with Crippen LogP contribution in [0.4, 0.5) is 0 Å². The maximum atomic E-state index is 13.0. The first-order chi connectivity index (χ1) is 11.4. The van der Waals surface area contributed by atoms with E-state index in [4.69, 9.17) is 0 Å². The number of aromatic nitrogens is 2. The highest BCUT2D eigenvalue weighted by Crippen LogP contribution is 2.27. The van der Waals surface area contributed by atoms with Crippen LogP contribution in [0.5, 0.6) is 0 Å². The lowest BCUT2D eigenvalue weighted by Gasteiger charge is -2.31. The summed E-state index contributed by atoms with van der Waals surface area (Å²) in [6.45, 7) is 4.18. The molecule has 2 heterocycles. The van der Waals surface area contributed by atoms with Crippen LogP contribution in [0.2, 0.25) is 0 Å². The van der Waals surface area contributed by atoms with Crippen molar-refractivity contribution in [3.8, 4) is 0 Å². The number of hydrogen-bond donors (Lipinski definition) is 1. The highest BCUT2D eigenvalue weighted by Gasteiger charge is 2.31. The molecular weight excluding hydrogens is 328 g/mol. The molecule has 0 spiro atoms. The first-order valence-corrected chi connectivity index (χ1v) is 9.21. The molecule has 128 valence electrons. The quantitative estimate of drug-likeness (QED) is 0.837. The minimum absolute atomic E-state index is 0.0175. The molecule has 1 fully saturated rings. The molecule has 1 saturated heterocycles. The van der Waals surface area contributed by atoms with Gasteiger partial charge in [-0.15, -0.1) is 0 Å². The SMILES string of the molecule is C=CC(=O)NC1CCN(S(=O)(=O)c2cccc3c2cnn3C)CC1. The standard InChI is InChI=1S/C16H20N4O3S/c1-3-16(21)18-12-7-9-20(10-8-12)24(22,23)15-6-4-5-14-13(15)11-17-19(14)2/h3-6,11-12H,1,7-10H2,2H3,(H,18,21). The summed E-state index contributed by atoms with van der Waals surface area (Å²) in [6, 6.07) is 5.17. The number of carbonyl (C=O) groups excluding carboxylic acids is 1. The maximum Gasteiger partial charge on any atom is 0.243 e. The van der Waals surface area contributed by atoms with Crippen LogP contribution in [0.15, 0.2) is 41.9 Å². The van der Waals surface area contributed by atoms with Gasteiger partial charge in [-0.2, -0.15) is 9.40 Å². The lowest BCUT2D eigenvalue weighted by atomic mass is 10.1. The molecule has 2 aromatic rings. The third-order valence-corrected chi connectivity index (χ3v) is 6.31. The van der Waals surface area contributed by atoms with E-state index in [0.717, 1.165) is 5.52 Å². The molecule has 1 aromatic carbocycles. The van der Waals surface area contributed by atoms with Gasteiger partial charge >= 0.3 is 0 Å². The molecule has 3 rings (SSSR count). The van der Waals surface area contributed by atoms with Crippen molar-refractivity contribution in [2.24, 2.45) is 7.05 Å². The smallest absolute Gasteiger partial charge is 0.243 e. The summed E-state index contributed by atoms with van der Waals surface area (Å²) in [4.78, 5) is 11.6. The number of aryl methyl sites for hydroxylation is 1. The number of hydrogen-bond acceptors (Lipinski definition) is 4. The van der Waals surface area contributed by atoms with E-state index in [2.05, 4.69) is 17.0 Å². The van der Waals surface area contributed by atoms with Crippen LogP contribution in [-0.2, 0) is 21.9 Å². The van der Waals surface area contributed by atoms with Gasteiger partial charge in [0.2, 0.25) is 15.9 Å². The molecule has 0 saturated carbocycles. The summed E-state index contributed by atoms with van der Waals surface area (Å²) in [5.74, 6) is -0.226. The van der Waals surface area contributed by atoms with Crippen LogP contribution in [0.25, 0.3) is 10.9 Å². The molecule has 0 unspecified atom stereocenters. The Balaban J connectivity index is 1.81. The van der Waals surface area contributed by atoms with Crippen molar-refractivity contribution in [1.29, 1.82) is 0 Å². The van der Waals surface area contributed by atoms with Gasteiger partial charge in [0.05, 0.1) is 16.6 Å². The molecule has 8 heteroatoms. The number of carbonyl (C=O) groups is 1. The van der Waals surface area contributed by atoms with Crippen LogP contribution >= 0.6 is 0 Å². The summed E-state index contributed by atoms with van der Waals surface area (Å²) in [6.07, 6.45) is 3.98. The Morgan fingerprint density at radius 3 is 2.75 bits per heavy atom. The molecule has 24 heavy (non-hydrogen) atoms. The molecule has 1 amide bonds. The van der Waals surface area contributed by atoms with E-state index in [1.807, 2.05) is 6.07 Å². The number of sulfonamides is 1. The van der Waals surface area contributed by atoms with Gasteiger partial charge in [-0.3, -0.25) is 9.48 Å². The highest BCUT2D eigenvalue weighted by molar-refractivity contribution is 7.89. The summed E-state index contributed by atoms with van der Waals surface area (Å²) in [5.41, 5.74) is 0.782. The van der Waals surface area contributed by atoms with E-state index in [1.165, 1.54) is 10.4 Å². The normalized spacial score (nSPS) is 17.0. The van der Waals surface area contributed by atoms with Gasteiger partial charge in [-0.1, -0.05) is 12.6 Å². The molecule has 1 aliphatic heterocycles. The van der Waals surface area contributed by atoms with Crippen molar-refractivity contribution in [3.63, 3.8) is 0 Å². The zero-order chi connectivity index (χ0) is 17.3. The Morgan fingerprint density at radius 1 is 1.38 bits per heavy atom. The Kier molecular flexibility index (Phi) is 4.42. The molecular formula is C16H20N4O3S. The van der Waals surface area contributed by atoms with Crippen molar-refractivity contribution < 1.29 is 13.2 Å². The summed E-state index contributed by atoms with van der Waals surface area (Å²) in [7, 11) is -1.80. The second kappa shape index (κ2) is 6.37. The van der Waals surface area contributed by atoms with Crippen LogP contribution in [0.3, 0.4) is 0 Å². The predicted molar refractivity (Wildman–Crippen MR) is 90.8 cm³/mol. The largest absolute Gasteiger partial charge is 0.350 e. The lowest BCUT2D eigenvalue weighted by Crippen LogP contribution is -2.46. The van der Waals surface area contributed by atoms with E-state index >= 15 is 0 Å². The zero-order valence-electron chi connectivity index (χ0n) is 13.5. The first-order valence-electron chi connectivity index (χ1n) is 7.77. The average Bonchev–Trinajstić information content (AvgIpc) is 2.96. The van der Waals surface area contributed by atoms with Gasteiger partial charge in [0, 0.05) is 31.6 Å². The second-order valence-electron chi connectivity index (χ2n) is 5.85. The monoisotopic (exact) mass is 348 g/mol. The number of nitrogens with zero attached hydrogens (tertiary/aromatic N) is 3. The number of rotatable bonds is 4. The molecule has 0 radical (unpaired) electrons. The Bertz CT molecular complexity index is 880. The topological polar surface area (TPSA) is 84.3 Å². The predicted octanol–water partition coefficient (Wildman–Crippen LogP) is 1.03. The number of fused-ring (bicyclic) bond motifs is 1. The molecule has 0 atom stereocenters. The van der Waals surface area contributed by atoms with Gasteiger partial charge in [0.15, 0.2) is 0 Å². The summed E-state index contributed by atoms with van der Waals surface area (Å²) < 4.78 is 29.1. The second-order valence-corrected chi connectivity index (χ2v) is 7.75. The fraction of sp³-hybridized carbons (Fsp3) is 0.375. The third-order valence-electron chi connectivity index (χ3n) is 4.36. The molecule has 1 N–H and O–H groups in total. The Labute approximate surface area is 141 Å². The first kappa shape index (κ1) is 16.7. The number of amides is 1. The van der Waals surface area contributed by atoms with Crippen molar-refractivity contribution in [2.45, 2.75) is 23.8 Å². The maximum absolute atomic E-state index is 13.0. The fourth-order valence-corrected chi connectivity index (χ4v) is 4.67. The van der Waals surface area contributed by atoms with Crippen LogP contribution in [0.1, 0.15) is 12.8 Å². The fourth-order valence-electron chi connectivity index (χ4n) is 3.02. The summed E-state index contributed by atoms with van der Waals surface area (Å²) in [5, 5.41) is 7.59.